The lowest BCUT2D eigenvalue weighted by atomic mass is 10.1. The predicted molar refractivity (Wildman–Crippen MR) is 126 cm³/mol. The Bertz CT molecular complexity index is 1430. The molecule has 0 fully saturated rings. The minimum absolute atomic E-state index is 0.0288. The van der Waals surface area contributed by atoms with Crippen molar-refractivity contribution in [2.45, 2.75) is 6.92 Å². The van der Waals surface area contributed by atoms with Gasteiger partial charge in [0.2, 0.25) is 5.91 Å². The Morgan fingerprint density at radius 1 is 0.886 bits per heavy atom. The molecule has 3 aromatic rings. The highest BCUT2D eigenvalue weighted by atomic mass is 16.5. The highest BCUT2D eigenvalue weighted by Gasteiger charge is 2.38. The fraction of sp³-hybridized carbons (Fsp3) is 0.115. The molecule has 0 atom stereocenters. The summed E-state index contributed by atoms with van der Waals surface area (Å²) in [6.45, 7) is 1.00. The molecule has 5 rings (SSSR count). The molecule has 0 bridgehead atoms. The number of esters is 1. The van der Waals surface area contributed by atoms with Gasteiger partial charge in [0.1, 0.15) is 6.54 Å². The van der Waals surface area contributed by atoms with Gasteiger partial charge in [0.25, 0.3) is 17.7 Å². The number of fused-ring (bicyclic) bond motifs is 2. The molecule has 2 heterocycles. The zero-order valence-corrected chi connectivity index (χ0v) is 18.6. The van der Waals surface area contributed by atoms with Crippen LogP contribution in [0.1, 0.15) is 36.6 Å². The summed E-state index contributed by atoms with van der Waals surface area (Å²) >= 11 is 0. The van der Waals surface area contributed by atoms with Crippen molar-refractivity contribution in [2.24, 2.45) is 0 Å². The van der Waals surface area contributed by atoms with E-state index in [-0.39, 0.29) is 29.1 Å². The minimum atomic E-state index is -0.828. The van der Waals surface area contributed by atoms with Crippen molar-refractivity contribution in [3.63, 3.8) is 0 Å². The number of ether oxygens (including phenoxy) is 1. The van der Waals surface area contributed by atoms with Crippen LogP contribution in [0.4, 0.5) is 17.1 Å². The summed E-state index contributed by atoms with van der Waals surface area (Å²) < 4.78 is 5.17. The van der Waals surface area contributed by atoms with E-state index < -0.39 is 30.3 Å². The lowest BCUT2D eigenvalue weighted by Gasteiger charge is -2.28. The number of hydrogen-bond donors (Lipinski definition) is 1. The van der Waals surface area contributed by atoms with Gasteiger partial charge < -0.3 is 10.1 Å². The third kappa shape index (κ3) is 3.82. The zero-order chi connectivity index (χ0) is 24.7. The number of amides is 4. The average molecular weight is 469 g/mol. The molecular weight excluding hydrogens is 450 g/mol. The number of anilines is 3. The summed E-state index contributed by atoms with van der Waals surface area (Å²) in [5.41, 5.74) is 2.52. The maximum atomic E-state index is 13.0. The Hall–Kier alpha value is -4.79. The number of carbonyl (C=O) groups is 5. The van der Waals surface area contributed by atoms with E-state index in [1.807, 2.05) is 0 Å². The van der Waals surface area contributed by atoms with Crippen molar-refractivity contribution in [2.75, 3.05) is 28.3 Å². The van der Waals surface area contributed by atoms with E-state index in [2.05, 4.69) is 5.32 Å². The van der Waals surface area contributed by atoms with Crippen molar-refractivity contribution < 1.29 is 28.7 Å². The summed E-state index contributed by atoms with van der Waals surface area (Å²) in [4.78, 5) is 65.5. The first-order chi connectivity index (χ1) is 16.8. The lowest BCUT2D eigenvalue weighted by molar-refractivity contribution is -0.124. The van der Waals surface area contributed by atoms with Crippen molar-refractivity contribution in [3.8, 4) is 0 Å². The zero-order valence-electron chi connectivity index (χ0n) is 18.6. The standard InChI is InChI=1S/C26H19N3O6/c1-15-6-2-4-8-20(15)29-24(32)17-11-10-16(12-18(17)25(29)33)26(34)35-14-23(31)28-13-22(30)27-19-7-3-5-9-21(19)28/h2-12H,13-14H2,1H3,(H,27,30). The largest absolute Gasteiger partial charge is 0.452 e. The Morgan fingerprint density at radius 3 is 2.34 bits per heavy atom. The minimum Gasteiger partial charge on any atom is -0.452 e. The second-order valence-corrected chi connectivity index (χ2v) is 8.11. The molecule has 174 valence electrons. The lowest BCUT2D eigenvalue weighted by Crippen LogP contribution is -2.44. The average Bonchev–Trinajstić information content (AvgIpc) is 3.11. The van der Waals surface area contributed by atoms with Crippen LogP contribution in [0.2, 0.25) is 0 Å². The van der Waals surface area contributed by atoms with Crippen LogP contribution in [-0.2, 0) is 14.3 Å². The Morgan fingerprint density at radius 2 is 1.57 bits per heavy atom. The number of nitrogens with zero attached hydrogens (tertiary/aromatic N) is 2. The Kier molecular flexibility index (Phi) is 5.37. The first kappa shape index (κ1) is 22.0. The summed E-state index contributed by atoms with van der Waals surface area (Å²) in [5.74, 6) is -2.77. The molecule has 0 spiro atoms. The van der Waals surface area contributed by atoms with E-state index in [0.29, 0.717) is 17.1 Å². The van der Waals surface area contributed by atoms with Gasteiger partial charge in [-0.05, 0) is 48.9 Å². The smallest absolute Gasteiger partial charge is 0.338 e. The quantitative estimate of drug-likeness (QED) is 0.464. The van der Waals surface area contributed by atoms with Gasteiger partial charge in [-0.3, -0.25) is 24.1 Å². The third-order valence-electron chi connectivity index (χ3n) is 5.88. The van der Waals surface area contributed by atoms with Crippen molar-refractivity contribution in [1.29, 1.82) is 0 Å². The van der Waals surface area contributed by atoms with Crippen molar-refractivity contribution in [1.82, 2.24) is 0 Å². The summed E-state index contributed by atoms with van der Waals surface area (Å²) in [5, 5.41) is 2.68. The number of para-hydroxylation sites is 3. The number of aryl methyl sites for hydroxylation is 1. The number of benzene rings is 3. The van der Waals surface area contributed by atoms with Crippen LogP contribution in [0.5, 0.6) is 0 Å². The summed E-state index contributed by atoms with van der Waals surface area (Å²) in [7, 11) is 0. The maximum Gasteiger partial charge on any atom is 0.338 e. The molecule has 35 heavy (non-hydrogen) atoms. The van der Waals surface area contributed by atoms with E-state index in [0.717, 1.165) is 10.5 Å². The third-order valence-corrected chi connectivity index (χ3v) is 5.88. The number of hydrogen-bond acceptors (Lipinski definition) is 6. The van der Waals surface area contributed by atoms with Gasteiger partial charge in [0, 0.05) is 0 Å². The molecule has 3 aromatic carbocycles. The second-order valence-electron chi connectivity index (χ2n) is 8.11. The van der Waals surface area contributed by atoms with E-state index >= 15 is 0 Å². The van der Waals surface area contributed by atoms with Gasteiger partial charge in [-0.15, -0.1) is 0 Å². The van der Waals surface area contributed by atoms with Crippen molar-refractivity contribution in [3.05, 3.63) is 89.0 Å². The van der Waals surface area contributed by atoms with E-state index in [4.69, 9.17) is 4.74 Å². The number of carbonyl (C=O) groups excluding carboxylic acids is 5. The molecule has 0 unspecified atom stereocenters. The Labute approximate surface area is 199 Å². The molecule has 1 N–H and O–H groups in total. The number of imide groups is 1. The van der Waals surface area contributed by atoms with E-state index in [1.54, 1.807) is 55.5 Å². The fourth-order valence-electron chi connectivity index (χ4n) is 4.15. The van der Waals surface area contributed by atoms with Crippen molar-refractivity contribution >= 4 is 46.7 Å². The van der Waals surface area contributed by atoms with Gasteiger partial charge in [-0.1, -0.05) is 30.3 Å². The molecule has 0 saturated carbocycles. The van der Waals surface area contributed by atoms with Crippen LogP contribution in [0.15, 0.2) is 66.7 Å². The van der Waals surface area contributed by atoms with Gasteiger partial charge in [-0.25, -0.2) is 9.69 Å². The first-order valence-corrected chi connectivity index (χ1v) is 10.8. The van der Waals surface area contributed by atoms with Crippen LogP contribution >= 0.6 is 0 Å². The molecule has 0 saturated heterocycles. The van der Waals surface area contributed by atoms with E-state index in [1.165, 1.54) is 23.1 Å². The fourth-order valence-corrected chi connectivity index (χ4v) is 4.15. The highest BCUT2D eigenvalue weighted by Crippen LogP contribution is 2.31. The summed E-state index contributed by atoms with van der Waals surface area (Å²) in [6.07, 6.45) is 0. The Balaban J connectivity index is 1.32. The van der Waals surface area contributed by atoms with Gasteiger partial charge >= 0.3 is 5.97 Å². The molecular formula is C26H19N3O6. The van der Waals surface area contributed by atoms with Crippen LogP contribution in [0.25, 0.3) is 0 Å². The summed E-state index contributed by atoms with van der Waals surface area (Å²) in [6, 6.07) is 17.9. The molecule has 0 aliphatic carbocycles. The van der Waals surface area contributed by atoms with Crippen LogP contribution in [0, 0.1) is 6.92 Å². The molecule has 0 aromatic heterocycles. The second kappa shape index (κ2) is 8.53. The van der Waals surface area contributed by atoms with Gasteiger partial charge in [-0.2, -0.15) is 0 Å². The molecule has 2 aliphatic rings. The topological polar surface area (TPSA) is 113 Å². The molecule has 9 heteroatoms. The molecule has 9 nitrogen and oxygen atoms in total. The molecule has 0 radical (unpaired) electrons. The van der Waals surface area contributed by atoms with Crippen LogP contribution in [-0.4, -0.2) is 42.7 Å². The molecule has 2 aliphatic heterocycles. The number of nitrogens with one attached hydrogen (secondary N) is 1. The molecule has 4 amide bonds. The van der Waals surface area contributed by atoms with Crippen LogP contribution in [0.3, 0.4) is 0 Å². The highest BCUT2D eigenvalue weighted by molar-refractivity contribution is 6.35. The predicted octanol–water partition coefficient (Wildman–Crippen LogP) is 2.94. The SMILES string of the molecule is Cc1ccccc1N1C(=O)c2ccc(C(=O)OCC(=O)N3CC(=O)Nc4ccccc43)cc2C1=O. The normalized spacial score (nSPS) is 14.4. The van der Waals surface area contributed by atoms with E-state index in [9.17, 15) is 24.0 Å². The number of rotatable bonds is 4. The van der Waals surface area contributed by atoms with Gasteiger partial charge in [0.15, 0.2) is 6.61 Å². The van der Waals surface area contributed by atoms with Crippen LogP contribution < -0.4 is 15.1 Å². The maximum absolute atomic E-state index is 13.0. The monoisotopic (exact) mass is 469 g/mol. The van der Waals surface area contributed by atoms with Gasteiger partial charge in [0.05, 0.1) is 33.8 Å². The first-order valence-electron chi connectivity index (χ1n) is 10.8.